The molecule has 0 aliphatic rings. The Kier molecular flexibility index (Phi) is 5.35. The van der Waals surface area contributed by atoms with Crippen molar-refractivity contribution in [3.05, 3.63) is 52.8 Å². The first-order valence-electron chi connectivity index (χ1n) is 6.71. The van der Waals surface area contributed by atoms with Crippen molar-refractivity contribution in [2.45, 2.75) is 32.4 Å². The molecule has 1 atom stereocenters. The number of hydrogen-bond acceptors (Lipinski definition) is 2. The SMILES string of the molecule is CCC(NC(=O)CCn1cc(Br)cn1)c1ccccc1. The second-order valence-corrected chi connectivity index (χ2v) is 5.53. The van der Waals surface area contributed by atoms with Crippen LogP contribution in [0.4, 0.5) is 0 Å². The number of amides is 1. The van der Waals surface area contributed by atoms with Crippen molar-refractivity contribution in [3.8, 4) is 0 Å². The lowest BCUT2D eigenvalue weighted by molar-refractivity contribution is -0.122. The molecule has 2 aromatic rings. The van der Waals surface area contributed by atoms with E-state index in [1.807, 2.05) is 36.5 Å². The van der Waals surface area contributed by atoms with E-state index in [4.69, 9.17) is 0 Å². The maximum absolute atomic E-state index is 12.0. The van der Waals surface area contributed by atoms with Gasteiger partial charge < -0.3 is 5.32 Å². The highest BCUT2D eigenvalue weighted by Gasteiger charge is 2.12. The molecule has 1 unspecified atom stereocenters. The number of rotatable bonds is 6. The zero-order valence-corrected chi connectivity index (χ0v) is 13.0. The van der Waals surface area contributed by atoms with Crippen LogP contribution in [0.25, 0.3) is 0 Å². The molecule has 20 heavy (non-hydrogen) atoms. The van der Waals surface area contributed by atoms with Crippen LogP contribution in [0.3, 0.4) is 0 Å². The fraction of sp³-hybridized carbons (Fsp3) is 0.333. The van der Waals surface area contributed by atoms with Gasteiger partial charge in [0.15, 0.2) is 0 Å². The Labute approximate surface area is 127 Å². The van der Waals surface area contributed by atoms with Crippen molar-refractivity contribution in [3.63, 3.8) is 0 Å². The van der Waals surface area contributed by atoms with Gasteiger partial charge in [0.05, 0.1) is 16.7 Å². The molecule has 0 fully saturated rings. The number of nitrogens with one attached hydrogen (secondary N) is 1. The number of aromatic nitrogens is 2. The van der Waals surface area contributed by atoms with Gasteiger partial charge in [-0.05, 0) is 27.9 Å². The van der Waals surface area contributed by atoms with Crippen molar-refractivity contribution in [1.82, 2.24) is 15.1 Å². The van der Waals surface area contributed by atoms with Gasteiger partial charge in [0, 0.05) is 19.2 Å². The van der Waals surface area contributed by atoms with Crippen molar-refractivity contribution >= 4 is 21.8 Å². The molecule has 1 N–H and O–H groups in total. The first-order valence-corrected chi connectivity index (χ1v) is 7.50. The lowest BCUT2D eigenvalue weighted by atomic mass is 10.0. The molecule has 4 nitrogen and oxygen atoms in total. The van der Waals surface area contributed by atoms with Crippen LogP contribution < -0.4 is 5.32 Å². The summed E-state index contributed by atoms with van der Waals surface area (Å²) >= 11 is 3.34. The molecular weight excluding hydrogens is 318 g/mol. The lowest BCUT2D eigenvalue weighted by Crippen LogP contribution is -2.28. The molecule has 106 valence electrons. The van der Waals surface area contributed by atoms with Gasteiger partial charge in [-0.25, -0.2) is 0 Å². The van der Waals surface area contributed by atoms with Gasteiger partial charge in [-0.15, -0.1) is 0 Å². The van der Waals surface area contributed by atoms with Crippen LogP contribution in [0, 0.1) is 0 Å². The number of halogens is 1. The number of aryl methyl sites for hydroxylation is 1. The van der Waals surface area contributed by atoms with E-state index in [1.165, 1.54) is 0 Å². The quantitative estimate of drug-likeness (QED) is 0.880. The maximum Gasteiger partial charge on any atom is 0.222 e. The molecule has 0 bridgehead atoms. The monoisotopic (exact) mass is 335 g/mol. The van der Waals surface area contributed by atoms with Gasteiger partial charge in [-0.1, -0.05) is 37.3 Å². The third-order valence-electron chi connectivity index (χ3n) is 3.12. The molecule has 1 amide bonds. The van der Waals surface area contributed by atoms with Gasteiger partial charge in [0.1, 0.15) is 0 Å². The second-order valence-electron chi connectivity index (χ2n) is 4.61. The lowest BCUT2D eigenvalue weighted by Gasteiger charge is -2.17. The summed E-state index contributed by atoms with van der Waals surface area (Å²) in [5, 5.41) is 7.20. The average Bonchev–Trinajstić information content (AvgIpc) is 2.89. The zero-order valence-electron chi connectivity index (χ0n) is 11.4. The minimum atomic E-state index is 0.0484. The predicted molar refractivity (Wildman–Crippen MR) is 82.2 cm³/mol. The minimum Gasteiger partial charge on any atom is -0.349 e. The highest BCUT2D eigenvalue weighted by molar-refractivity contribution is 9.10. The van der Waals surface area contributed by atoms with Crippen molar-refractivity contribution in [2.75, 3.05) is 0 Å². The molecule has 5 heteroatoms. The highest BCUT2D eigenvalue weighted by Crippen LogP contribution is 2.16. The Morgan fingerprint density at radius 2 is 2.15 bits per heavy atom. The predicted octanol–water partition coefficient (Wildman–Crippen LogP) is 3.30. The Morgan fingerprint density at radius 1 is 1.40 bits per heavy atom. The van der Waals surface area contributed by atoms with Gasteiger partial charge in [0.25, 0.3) is 0 Å². The molecule has 1 aromatic carbocycles. The second kappa shape index (κ2) is 7.24. The summed E-state index contributed by atoms with van der Waals surface area (Å²) in [6.45, 7) is 2.66. The fourth-order valence-electron chi connectivity index (χ4n) is 2.05. The van der Waals surface area contributed by atoms with Crippen molar-refractivity contribution in [1.29, 1.82) is 0 Å². The smallest absolute Gasteiger partial charge is 0.222 e. The summed E-state index contributed by atoms with van der Waals surface area (Å²) in [6, 6.07) is 10.1. The minimum absolute atomic E-state index is 0.0484. The van der Waals surface area contributed by atoms with Gasteiger partial charge in [0.2, 0.25) is 5.91 Å². The van der Waals surface area contributed by atoms with Crippen molar-refractivity contribution in [2.24, 2.45) is 0 Å². The topological polar surface area (TPSA) is 46.9 Å². The summed E-state index contributed by atoms with van der Waals surface area (Å²) in [5.41, 5.74) is 1.14. The maximum atomic E-state index is 12.0. The number of nitrogens with zero attached hydrogens (tertiary/aromatic N) is 2. The van der Waals surface area contributed by atoms with Crippen LogP contribution in [0.2, 0.25) is 0 Å². The third-order valence-corrected chi connectivity index (χ3v) is 3.52. The Bertz CT molecular complexity index is 553. The molecule has 0 saturated heterocycles. The summed E-state index contributed by atoms with van der Waals surface area (Å²) < 4.78 is 2.68. The highest BCUT2D eigenvalue weighted by atomic mass is 79.9. The number of carbonyl (C=O) groups excluding carboxylic acids is 1. The van der Waals surface area contributed by atoms with E-state index in [0.717, 1.165) is 16.5 Å². The van der Waals surface area contributed by atoms with Crippen LogP contribution in [0.1, 0.15) is 31.4 Å². The van der Waals surface area contributed by atoms with Gasteiger partial charge >= 0.3 is 0 Å². The van der Waals surface area contributed by atoms with Crippen LogP contribution in [0.5, 0.6) is 0 Å². The van der Waals surface area contributed by atoms with E-state index < -0.39 is 0 Å². The van der Waals surface area contributed by atoms with Crippen molar-refractivity contribution < 1.29 is 4.79 Å². The van der Waals surface area contributed by atoms with Crippen LogP contribution >= 0.6 is 15.9 Å². The van der Waals surface area contributed by atoms with E-state index in [0.29, 0.717) is 13.0 Å². The van der Waals surface area contributed by atoms with Crippen LogP contribution in [0.15, 0.2) is 47.2 Å². The van der Waals surface area contributed by atoms with Crippen LogP contribution in [-0.2, 0) is 11.3 Å². The van der Waals surface area contributed by atoms with Crippen LogP contribution in [-0.4, -0.2) is 15.7 Å². The molecule has 0 spiro atoms. The molecule has 0 aliphatic carbocycles. The van der Waals surface area contributed by atoms with E-state index in [1.54, 1.807) is 10.9 Å². The number of hydrogen-bond donors (Lipinski definition) is 1. The first kappa shape index (κ1) is 14.8. The summed E-state index contributed by atoms with van der Waals surface area (Å²) in [6.07, 6.45) is 4.89. The Balaban J connectivity index is 1.86. The van der Waals surface area contributed by atoms with E-state index in [9.17, 15) is 4.79 Å². The Morgan fingerprint density at radius 3 is 2.75 bits per heavy atom. The molecule has 0 aliphatic heterocycles. The molecule has 0 saturated carbocycles. The Hall–Kier alpha value is -1.62. The molecule has 1 aromatic heterocycles. The normalized spacial score (nSPS) is 12.1. The molecule has 2 rings (SSSR count). The fourth-order valence-corrected chi connectivity index (χ4v) is 2.38. The third kappa shape index (κ3) is 4.20. The number of benzene rings is 1. The average molecular weight is 336 g/mol. The van der Waals surface area contributed by atoms with E-state index in [-0.39, 0.29) is 11.9 Å². The summed E-state index contributed by atoms with van der Waals surface area (Å²) in [4.78, 5) is 12.0. The summed E-state index contributed by atoms with van der Waals surface area (Å²) in [5.74, 6) is 0.0484. The standard InChI is InChI=1S/C15H18BrN3O/c1-2-14(12-6-4-3-5-7-12)18-15(20)8-9-19-11-13(16)10-17-19/h3-7,10-11,14H,2,8-9H2,1H3,(H,18,20). The van der Waals surface area contributed by atoms with Gasteiger partial charge in [-0.3, -0.25) is 9.48 Å². The first-order chi connectivity index (χ1) is 9.69. The van der Waals surface area contributed by atoms with E-state index in [2.05, 4.69) is 33.3 Å². The van der Waals surface area contributed by atoms with E-state index >= 15 is 0 Å². The van der Waals surface area contributed by atoms with Gasteiger partial charge in [-0.2, -0.15) is 5.10 Å². The molecular formula is C15H18BrN3O. The molecule has 0 radical (unpaired) electrons. The zero-order chi connectivity index (χ0) is 14.4. The largest absolute Gasteiger partial charge is 0.349 e. The summed E-state index contributed by atoms with van der Waals surface area (Å²) in [7, 11) is 0. The molecule has 1 heterocycles. The number of carbonyl (C=O) groups is 1.